The topological polar surface area (TPSA) is 121 Å². The van der Waals surface area contributed by atoms with E-state index < -0.39 is 23.6 Å². The number of halogens is 1. The average Bonchev–Trinajstić information content (AvgIpc) is 3.20. The van der Waals surface area contributed by atoms with Gasteiger partial charge in [0.1, 0.15) is 17.6 Å². The van der Waals surface area contributed by atoms with Crippen molar-refractivity contribution in [3.63, 3.8) is 0 Å². The van der Waals surface area contributed by atoms with Crippen molar-refractivity contribution < 1.29 is 28.7 Å². The molecule has 0 saturated carbocycles. The zero-order chi connectivity index (χ0) is 25.1. The number of hydrogen-bond acceptors (Lipinski definition) is 7. The maximum absolute atomic E-state index is 15.0. The number of aromatic nitrogens is 1. The van der Waals surface area contributed by atoms with Crippen molar-refractivity contribution in [2.75, 3.05) is 36.0 Å². The van der Waals surface area contributed by atoms with E-state index in [4.69, 9.17) is 4.74 Å². The quantitative estimate of drug-likeness (QED) is 0.455. The van der Waals surface area contributed by atoms with E-state index in [2.05, 4.69) is 5.32 Å². The number of nitrogens with one attached hydrogen (secondary N) is 1. The summed E-state index contributed by atoms with van der Waals surface area (Å²) in [5.41, 5.74) is 0.0875. The number of hydrogen-bond donors (Lipinski definition) is 2. The van der Waals surface area contributed by atoms with Crippen LogP contribution in [-0.4, -0.2) is 60.0 Å². The fraction of sp³-hybridized carbons (Fsp3) is 0.417. The molecule has 2 N–H and O–H groups in total. The van der Waals surface area contributed by atoms with Crippen LogP contribution in [0, 0.1) is 11.7 Å². The Kier molecular flexibility index (Phi) is 7.04. The molecule has 186 valence electrons. The number of cyclic esters (lactones) is 1. The zero-order valence-corrected chi connectivity index (χ0v) is 19.3. The lowest BCUT2D eigenvalue weighted by Crippen LogP contribution is -2.35. The molecular weight excluding hydrogens is 459 g/mol. The van der Waals surface area contributed by atoms with Crippen LogP contribution in [0.3, 0.4) is 0 Å². The number of ether oxygens (including phenoxy) is 1. The summed E-state index contributed by atoms with van der Waals surface area (Å²) in [5, 5.41) is 12.4. The van der Waals surface area contributed by atoms with Gasteiger partial charge in [0.25, 0.3) is 5.56 Å². The molecule has 1 aromatic carbocycles. The van der Waals surface area contributed by atoms with Gasteiger partial charge in [0, 0.05) is 32.5 Å². The van der Waals surface area contributed by atoms with Crippen LogP contribution in [0.4, 0.5) is 20.6 Å². The summed E-state index contributed by atoms with van der Waals surface area (Å²) in [5.74, 6) is -0.953. The van der Waals surface area contributed by atoms with Crippen LogP contribution in [-0.2, 0) is 9.53 Å². The first-order valence-corrected chi connectivity index (χ1v) is 11.4. The summed E-state index contributed by atoms with van der Waals surface area (Å²) in [4.78, 5) is 50.6. The van der Waals surface area contributed by atoms with Crippen LogP contribution >= 0.6 is 0 Å². The SMILES string of the molecule is CC(=O)NC[C@H]1CN(c2ccc(N3CCC(CC(=O)c4cccc(=O)n4O)CC3)c(F)c2)C(=O)O1. The Labute approximate surface area is 200 Å². The minimum atomic E-state index is -0.657. The molecule has 4 rings (SSSR count). The number of piperidine rings is 1. The number of carbonyl (C=O) groups is 3. The first-order valence-electron chi connectivity index (χ1n) is 11.4. The fourth-order valence-electron chi connectivity index (χ4n) is 4.45. The first-order chi connectivity index (χ1) is 16.7. The largest absolute Gasteiger partial charge is 0.442 e. The Hall–Kier alpha value is -3.89. The molecule has 0 radical (unpaired) electrons. The molecule has 10 nitrogen and oxygen atoms in total. The van der Waals surface area contributed by atoms with Crippen LogP contribution in [0.25, 0.3) is 0 Å². The predicted molar refractivity (Wildman–Crippen MR) is 124 cm³/mol. The first kappa shape index (κ1) is 24.2. The Morgan fingerprint density at radius 3 is 2.60 bits per heavy atom. The summed E-state index contributed by atoms with van der Waals surface area (Å²) >= 11 is 0. The Morgan fingerprint density at radius 1 is 1.17 bits per heavy atom. The van der Waals surface area contributed by atoms with E-state index in [1.165, 1.54) is 36.1 Å². The number of benzene rings is 1. The highest BCUT2D eigenvalue weighted by molar-refractivity contribution is 5.94. The van der Waals surface area contributed by atoms with Crippen LogP contribution < -0.4 is 20.7 Å². The lowest BCUT2D eigenvalue weighted by atomic mass is 9.90. The number of ketones is 1. The van der Waals surface area contributed by atoms with Crippen molar-refractivity contribution in [3.8, 4) is 0 Å². The number of nitrogens with zero attached hydrogens (tertiary/aromatic N) is 3. The van der Waals surface area contributed by atoms with Crippen molar-refractivity contribution in [2.24, 2.45) is 5.92 Å². The smallest absolute Gasteiger partial charge is 0.414 e. The third-order valence-electron chi connectivity index (χ3n) is 6.34. The Balaban J connectivity index is 1.34. The molecule has 11 heteroatoms. The summed E-state index contributed by atoms with van der Waals surface area (Å²) in [6.07, 6.45) is 0.393. The summed E-state index contributed by atoms with van der Waals surface area (Å²) in [6.45, 7) is 2.86. The van der Waals surface area contributed by atoms with Crippen molar-refractivity contribution >= 4 is 29.2 Å². The number of Topliss-reactive ketones (excluding diaryl/α,β-unsaturated/α-hetero) is 1. The van der Waals surface area contributed by atoms with Crippen molar-refractivity contribution in [2.45, 2.75) is 32.3 Å². The van der Waals surface area contributed by atoms with E-state index in [-0.39, 0.29) is 42.8 Å². The lowest BCUT2D eigenvalue weighted by molar-refractivity contribution is -0.119. The van der Waals surface area contributed by atoms with E-state index in [0.29, 0.717) is 42.0 Å². The van der Waals surface area contributed by atoms with Crippen LogP contribution in [0.15, 0.2) is 41.2 Å². The minimum absolute atomic E-state index is 0.0404. The van der Waals surface area contributed by atoms with Crippen LogP contribution in [0.1, 0.15) is 36.7 Å². The highest BCUT2D eigenvalue weighted by atomic mass is 19.1. The van der Waals surface area contributed by atoms with Gasteiger partial charge in [-0.15, -0.1) is 4.73 Å². The summed E-state index contributed by atoms with van der Waals surface area (Å²) in [6, 6.07) is 8.59. The van der Waals surface area contributed by atoms with Crippen LogP contribution in [0.2, 0.25) is 0 Å². The predicted octanol–water partition coefficient (Wildman–Crippen LogP) is 2.18. The van der Waals surface area contributed by atoms with Gasteiger partial charge in [-0.05, 0) is 43.0 Å². The lowest BCUT2D eigenvalue weighted by Gasteiger charge is -2.33. The molecule has 1 aromatic heterocycles. The number of carbonyl (C=O) groups excluding carboxylic acids is 3. The van der Waals surface area contributed by atoms with Crippen LogP contribution in [0.5, 0.6) is 0 Å². The second-order valence-electron chi connectivity index (χ2n) is 8.81. The minimum Gasteiger partial charge on any atom is -0.442 e. The van der Waals surface area contributed by atoms with Gasteiger partial charge >= 0.3 is 6.09 Å². The fourth-order valence-corrected chi connectivity index (χ4v) is 4.45. The molecule has 2 saturated heterocycles. The molecule has 0 spiro atoms. The van der Waals surface area contributed by atoms with Gasteiger partial charge in [-0.1, -0.05) is 6.07 Å². The van der Waals surface area contributed by atoms with E-state index in [0.717, 1.165) is 0 Å². The van der Waals surface area contributed by atoms with E-state index in [1.54, 1.807) is 12.1 Å². The highest BCUT2D eigenvalue weighted by Crippen LogP contribution is 2.31. The molecule has 1 atom stereocenters. The third-order valence-corrected chi connectivity index (χ3v) is 6.34. The summed E-state index contributed by atoms with van der Waals surface area (Å²) in [7, 11) is 0. The molecule has 0 aliphatic carbocycles. The zero-order valence-electron chi connectivity index (χ0n) is 19.3. The number of pyridine rings is 1. The average molecular weight is 487 g/mol. The second kappa shape index (κ2) is 10.2. The van der Waals surface area contributed by atoms with Gasteiger partial charge in [-0.3, -0.25) is 19.3 Å². The van der Waals surface area contributed by atoms with Gasteiger partial charge in [0.15, 0.2) is 5.78 Å². The van der Waals surface area contributed by atoms with Gasteiger partial charge in [-0.25, -0.2) is 9.18 Å². The summed E-state index contributed by atoms with van der Waals surface area (Å²) < 4.78 is 20.6. The van der Waals surface area contributed by atoms with E-state index in [9.17, 15) is 28.8 Å². The molecule has 2 fully saturated rings. The van der Waals surface area contributed by atoms with Crippen molar-refractivity contribution in [1.82, 2.24) is 10.0 Å². The Morgan fingerprint density at radius 2 is 1.91 bits per heavy atom. The molecule has 2 amide bonds. The normalized spacial score (nSPS) is 18.5. The molecule has 2 aliphatic rings. The third kappa shape index (κ3) is 5.44. The molecule has 3 heterocycles. The number of amides is 2. The number of anilines is 2. The molecule has 2 aliphatic heterocycles. The maximum atomic E-state index is 15.0. The molecule has 0 unspecified atom stereocenters. The molecule has 0 bridgehead atoms. The highest BCUT2D eigenvalue weighted by Gasteiger charge is 2.33. The standard InChI is InChI=1S/C24H27FN4O6/c1-15(30)26-13-18-14-28(24(33)35-18)17-5-6-20(19(25)12-17)27-9-7-16(8-10-27)11-22(31)21-3-2-4-23(32)29(21)34/h2-6,12,16,18,34H,7-11,13-14H2,1H3,(H,26,30)/t18-/m0/s1. The van der Waals surface area contributed by atoms with Gasteiger partial charge < -0.3 is 20.2 Å². The Bertz CT molecular complexity index is 1190. The second-order valence-corrected chi connectivity index (χ2v) is 8.81. The molecular formula is C24H27FN4O6. The van der Waals surface area contributed by atoms with Gasteiger partial charge in [-0.2, -0.15) is 0 Å². The molecule has 35 heavy (non-hydrogen) atoms. The molecule has 2 aromatic rings. The van der Waals surface area contributed by atoms with E-state index in [1.807, 2.05) is 4.90 Å². The maximum Gasteiger partial charge on any atom is 0.414 e. The number of rotatable bonds is 7. The monoisotopic (exact) mass is 486 g/mol. The van der Waals surface area contributed by atoms with E-state index >= 15 is 0 Å². The van der Waals surface area contributed by atoms with Crippen molar-refractivity contribution in [1.29, 1.82) is 0 Å². The van der Waals surface area contributed by atoms with Crippen molar-refractivity contribution in [3.05, 3.63) is 58.3 Å². The van der Waals surface area contributed by atoms with Gasteiger partial charge in [0.2, 0.25) is 5.91 Å². The van der Waals surface area contributed by atoms with Gasteiger partial charge in [0.05, 0.1) is 24.5 Å².